The molecule has 4 heteroatoms. The molecule has 4 nitrogen and oxygen atoms in total. The molecule has 0 aliphatic heterocycles. The van der Waals surface area contributed by atoms with Crippen LogP contribution in [-0.2, 0) is 13.0 Å². The number of hydrogen-bond donors (Lipinski definition) is 0. The Morgan fingerprint density at radius 2 is 0.892 bits per heavy atom. The maximum absolute atomic E-state index is 12.6. The molecule has 0 spiro atoms. The van der Waals surface area contributed by atoms with Gasteiger partial charge in [0.25, 0.3) is 0 Å². The summed E-state index contributed by atoms with van der Waals surface area (Å²) in [5, 5.41) is 0. The van der Waals surface area contributed by atoms with Crippen molar-refractivity contribution in [2.75, 3.05) is 33.7 Å². The second kappa shape index (κ2) is 12.9. The minimum Gasteiger partial charge on any atom is -0.305 e. The molecule has 0 aliphatic rings. The van der Waals surface area contributed by atoms with Crippen molar-refractivity contribution in [2.24, 2.45) is 0 Å². The molecule has 4 rings (SSSR count). The van der Waals surface area contributed by atoms with Gasteiger partial charge < -0.3 is 9.80 Å². The fourth-order valence-corrected chi connectivity index (χ4v) is 4.26. The average molecular weight is 491 g/mol. The van der Waals surface area contributed by atoms with Crippen LogP contribution >= 0.6 is 0 Å². The van der Waals surface area contributed by atoms with Gasteiger partial charge in [-0.05, 0) is 31.6 Å². The number of carbonyl (C=O) groups is 2. The minimum absolute atomic E-state index is 0.0552. The molecule has 0 unspecified atom stereocenters. The highest BCUT2D eigenvalue weighted by Crippen LogP contribution is 2.13. The van der Waals surface area contributed by atoms with Crippen molar-refractivity contribution in [2.45, 2.75) is 13.0 Å². The summed E-state index contributed by atoms with van der Waals surface area (Å²) in [6.45, 7) is 3.71. The van der Waals surface area contributed by atoms with Crippen LogP contribution < -0.4 is 0 Å². The first-order valence-corrected chi connectivity index (χ1v) is 12.7. The molecular weight excluding hydrogens is 456 g/mol. The fourth-order valence-electron chi connectivity index (χ4n) is 4.26. The molecule has 0 saturated heterocycles. The molecule has 0 fully saturated rings. The molecule has 0 heterocycles. The smallest absolute Gasteiger partial charge is 0.193 e. The predicted octanol–water partition coefficient (Wildman–Crippen LogP) is 5.75. The third-order valence-electron chi connectivity index (χ3n) is 6.60. The van der Waals surface area contributed by atoms with Crippen LogP contribution in [-0.4, -0.2) is 55.1 Å². The van der Waals surface area contributed by atoms with Gasteiger partial charge in [-0.3, -0.25) is 9.59 Å². The molecule has 0 saturated carbocycles. The number of nitrogens with zero attached hydrogens (tertiary/aromatic N) is 2. The largest absolute Gasteiger partial charge is 0.305 e. The van der Waals surface area contributed by atoms with Crippen molar-refractivity contribution in [1.29, 1.82) is 0 Å². The molecule has 188 valence electrons. The molecule has 0 N–H and O–H groups in total. The Morgan fingerprint density at radius 3 is 1.38 bits per heavy atom. The van der Waals surface area contributed by atoms with E-state index in [0.717, 1.165) is 49.3 Å². The summed E-state index contributed by atoms with van der Waals surface area (Å²) in [6.07, 6.45) is 0.941. The van der Waals surface area contributed by atoms with Crippen molar-refractivity contribution >= 4 is 11.6 Å². The Morgan fingerprint density at radius 1 is 0.486 bits per heavy atom. The van der Waals surface area contributed by atoms with Gasteiger partial charge in [-0.2, -0.15) is 0 Å². The van der Waals surface area contributed by atoms with Gasteiger partial charge >= 0.3 is 0 Å². The predicted molar refractivity (Wildman–Crippen MR) is 150 cm³/mol. The summed E-state index contributed by atoms with van der Waals surface area (Å²) < 4.78 is 0. The number of likely N-dealkylation sites (N-methyl/N-ethyl adjacent to an activating group) is 2. The van der Waals surface area contributed by atoms with Gasteiger partial charge in [0.05, 0.1) is 0 Å². The Hall–Kier alpha value is -3.86. The highest BCUT2D eigenvalue weighted by atomic mass is 16.1. The lowest BCUT2D eigenvalue weighted by molar-refractivity contribution is 0.103. The van der Waals surface area contributed by atoms with Crippen molar-refractivity contribution in [1.82, 2.24) is 9.80 Å². The molecule has 37 heavy (non-hydrogen) atoms. The van der Waals surface area contributed by atoms with E-state index in [-0.39, 0.29) is 11.6 Å². The summed E-state index contributed by atoms with van der Waals surface area (Å²) in [4.78, 5) is 29.8. The van der Waals surface area contributed by atoms with Gasteiger partial charge in [0, 0.05) is 48.4 Å². The van der Waals surface area contributed by atoms with E-state index in [4.69, 9.17) is 0 Å². The summed E-state index contributed by atoms with van der Waals surface area (Å²) >= 11 is 0. The zero-order valence-corrected chi connectivity index (χ0v) is 21.6. The maximum atomic E-state index is 12.6. The van der Waals surface area contributed by atoms with E-state index in [1.807, 2.05) is 97.1 Å². The lowest BCUT2D eigenvalue weighted by Crippen LogP contribution is -2.31. The van der Waals surface area contributed by atoms with E-state index in [2.05, 4.69) is 36.0 Å². The second-order valence-electron chi connectivity index (χ2n) is 9.58. The molecule has 0 radical (unpaired) electrons. The zero-order valence-electron chi connectivity index (χ0n) is 21.6. The molecule has 4 aromatic carbocycles. The fraction of sp³-hybridized carbons (Fsp3) is 0.212. The minimum atomic E-state index is 0.0552. The van der Waals surface area contributed by atoms with E-state index in [1.165, 1.54) is 11.1 Å². The van der Waals surface area contributed by atoms with Crippen molar-refractivity contribution in [3.8, 4) is 0 Å². The third kappa shape index (κ3) is 7.56. The van der Waals surface area contributed by atoms with Crippen LogP contribution in [0.2, 0.25) is 0 Å². The quantitative estimate of drug-likeness (QED) is 0.237. The van der Waals surface area contributed by atoms with Crippen molar-refractivity contribution < 1.29 is 9.59 Å². The standard InChI is InChI=1S/C33H34N2O2/c1-34(22-21-26-13-17-30(18-14-26)32(36)28-9-5-3-6-10-28)23-24-35(2)25-27-15-19-31(20-16-27)33(37)29-11-7-4-8-12-29/h3-20H,21-25H2,1-2H3. The van der Waals surface area contributed by atoms with E-state index < -0.39 is 0 Å². The molecule has 0 amide bonds. The van der Waals surface area contributed by atoms with Crippen LogP contribution in [0.4, 0.5) is 0 Å². The van der Waals surface area contributed by atoms with Crippen molar-refractivity contribution in [3.05, 3.63) is 143 Å². The van der Waals surface area contributed by atoms with E-state index >= 15 is 0 Å². The molecule has 0 bridgehead atoms. The van der Waals surface area contributed by atoms with Crippen LogP contribution in [0, 0.1) is 0 Å². The second-order valence-corrected chi connectivity index (χ2v) is 9.58. The van der Waals surface area contributed by atoms with Crippen LogP contribution in [0.3, 0.4) is 0 Å². The Balaban J connectivity index is 1.19. The first-order valence-electron chi connectivity index (χ1n) is 12.7. The Bertz CT molecular complexity index is 1280. The van der Waals surface area contributed by atoms with Crippen molar-refractivity contribution in [3.63, 3.8) is 0 Å². The Labute approximate surface area is 220 Å². The number of ketones is 2. The Kier molecular flexibility index (Phi) is 9.14. The first kappa shape index (κ1) is 26.2. The first-order chi connectivity index (χ1) is 18.0. The number of hydrogen-bond acceptors (Lipinski definition) is 4. The summed E-state index contributed by atoms with van der Waals surface area (Å²) in [6, 6.07) is 34.7. The highest BCUT2D eigenvalue weighted by Gasteiger charge is 2.10. The monoisotopic (exact) mass is 490 g/mol. The van der Waals surface area contributed by atoms with E-state index in [0.29, 0.717) is 5.56 Å². The normalized spacial score (nSPS) is 11.1. The number of carbonyl (C=O) groups excluding carboxylic acids is 2. The molecule has 4 aromatic rings. The average Bonchev–Trinajstić information content (AvgIpc) is 2.96. The van der Waals surface area contributed by atoms with Gasteiger partial charge in [-0.25, -0.2) is 0 Å². The van der Waals surface area contributed by atoms with Crippen LogP contribution in [0.15, 0.2) is 109 Å². The SMILES string of the molecule is CN(CCc1ccc(C(=O)c2ccccc2)cc1)CCN(C)Cc1ccc(C(=O)c2ccccc2)cc1. The van der Waals surface area contributed by atoms with Crippen LogP contribution in [0.5, 0.6) is 0 Å². The topological polar surface area (TPSA) is 40.6 Å². The van der Waals surface area contributed by atoms with Crippen LogP contribution in [0.25, 0.3) is 0 Å². The summed E-state index contributed by atoms with van der Waals surface area (Å²) in [5.74, 6) is 0.115. The number of rotatable bonds is 12. The number of benzene rings is 4. The lowest BCUT2D eigenvalue weighted by atomic mass is 10.0. The highest BCUT2D eigenvalue weighted by molar-refractivity contribution is 6.09. The lowest BCUT2D eigenvalue weighted by Gasteiger charge is -2.22. The zero-order chi connectivity index (χ0) is 26.0. The van der Waals surface area contributed by atoms with Gasteiger partial charge in [0.15, 0.2) is 11.6 Å². The van der Waals surface area contributed by atoms with Gasteiger partial charge in [0.2, 0.25) is 0 Å². The van der Waals surface area contributed by atoms with Crippen LogP contribution in [0.1, 0.15) is 43.0 Å². The summed E-state index contributed by atoms with van der Waals surface area (Å²) in [5.41, 5.74) is 5.30. The summed E-state index contributed by atoms with van der Waals surface area (Å²) in [7, 11) is 4.27. The van der Waals surface area contributed by atoms with Gasteiger partial charge in [-0.15, -0.1) is 0 Å². The van der Waals surface area contributed by atoms with E-state index in [1.54, 1.807) is 0 Å². The molecule has 0 atom stereocenters. The van der Waals surface area contributed by atoms with Gasteiger partial charge in [-0.1, -0.05) is 109 Å². The maximum Gasteiger partial charge on any atom is 0.193 e. The molecule has 0 aliphatic carbocycles. The molecular formula is C33H34N2O2. The van der Waals surface area contributed by atoms with E-state index in [9.17, 15) is 9.59 Å². The van der Waals surface area contributed by atoms with Gasteiger partial charge in [0.1, 0.15) is 0 Å². The molecule has 0 aromatic heterocycles. The third-order valence-corrected chi connectivity index (χ3v) is 6.60.